The van der Waals surface area contributed by atoms with Crippen LogP contribution in [0, 0.1) is 5.92 Å². The molecule has 0 radical (unpaired) electrons. The van der Waals surface area contributed by atoms with E-state index in [1.165, 1.54) is 4.90 Å². The summed E-state index contributed by atoms with van der Waals surface area (Å²) in [4.78, 5) is 27.2. The molecule has 1 aliphatic rings. The largest absolute Gasteiger partial charge is 0.375 e. The predicted octanol–water partition coefficient (Wildman–Crippen LogP) is 2.93. The highest BCUT2D eigenvalue weighted by molar-refractivity contribution is 6.11. The van der Waals surface area contributed by atoms with E-state index in [-0.39, 0.29) is 12.3 Å². The Morgan fingerprint density at radius 3 is 2.50 bits per heavy atom. The Morgan fingerprint density at radius 2 is 1.83 bits per heavy atom. The molecule has 1 amide bonds. The molecule has 0 saturated heterocycles. The SMILES string of the molecule is C=CCN1C(=O)[C@@](O)([C@@H](C)C(=O)c2ccccc2)c2ccccc21. The lowest BCUT2D eigenvalue weighted by atomic mass is 9.79. The second-order valence-corrected chi connectivity index (χ2v) is 5.94. The first-order valence-corrected chi connectivity index (χ1v) is 7.85. The normalized spacial score (nSPS) is 20.6. The summed E-state index contributed by atoms with van der Waals surface area (Å²) in [5.74, 6) is -1.65. The number of carbonyl (C=O) groups is 2. The van der Waals surface area contributed by atoms with Gasteiger partial charge in [0.15, 0.2) is 11.4 Å². The Bertz CT molecular complexity index is 800. The van der Waals surface area contributed by atoms with E-state index in [0.29, 0.717) is 16.8 Å². The number of rotatable bonds is 5. The van der Waals surface area contributed by atoms with Crippen LogP contribution in [0.4, 0.5) is 5.69 Å². The van der Waals surface area contributed by atoms with Gasteiger partial charge in [0.25, 0.3) is 5.91 Å². The van der Waals surface area contributed by atoms with E-state index in [0.717, 1.165) is 0 Å². The van der Waals surface area contributed by atoms with Gasteiger partial charge in [0, 0.05) is 17.7 Å². The lowest BCUT2D eigenvalue weighted by Gasteiger charge is -2.28. The highest BCUT2D eigenvalue weighted by Gasteiger charge is 2.54. The number of hydrogen-bond donors (Lipinski definition) is 1. The quantitative estimate of drug-likeness (QED) is 0.680. The van der Waals surface area contributed by atoms with Gasteiger partial charge < -0.3 is 10.0 Å². The molecule has 1 heterocycles. The van der Waals surface area contributed by atoms with Crippen LogP contribution in [0.2, 0.25) is 0 Å². The van der Waals surface area contributed by atoms with Crippen molar-refractivity contribution in [3.63, 3.8) is 0 Å². The van der Waals surface area contributed by atoms with E-state index in [2.05, 4.69) is 6.58 Å². The molecule has 122 valence electrons. The van der Waals surface area contributed by atoms with Gasteiger partial charge in [-0.05, 0) is 6.07 Å². The van der Waals surface area contributed by atoms with Crippen molar-refractivity contribution in [3.05, 3.63) is 78.4 Å². The molecule has 3 rings (SSSR count). The first-order valence-electron chi connectivity index (χ1n) is 7.85. The van der Waals surface area contributed by atoms with Crippen LogP contribution in [0.3, 0.4) is 0 Å². The number of nitrogens with zero attached hydrogens (tertiary/aromatic N) is 1. The van der Waals surface area contributed by atoms with Gasteiger partial charge in [-0.2, -0.15) is 0 Å². The van der Waals surface area contributed by atoms with Gasteiger partial charge in [0.2, 0.25) is 0 Å². The van der Waals surface area contributed by atoms with Crippen LogP contribution in [0.5, 0.6) is 0 Å². The highest BCUT2D eigenvalue weighted by Crippen LogP contribution is 2.45. The molecule has 2 aromatic carbocycles. The molecule has 0 aliphatic carbocycles. The number of fused-ring (bicyclic) bond motifs is 1. The topological polar surface area (TPSA) is 57.6 Å². The van der Waals surface area contributed by atoms with Gasteiger partial charge in [-0.15, -0.1) is 6.58 Å². The van der Waals surface area contributed by atoms with E-state index >= 15 is 0 Å². The van der Waals surface area contributed by atoms with Crippen molar-refractivity contribution in [3.8, 4) is 0 Å². The third-order valence-electron chi connectivity index (χ3n) is 4.57. The van der Waals surface area contributed by atoms with Crippen molar-refractivity contribution in [2.75, 3.05) is 11.4 Å². The zero-order chi connectivity index (χ0) is 17.3. The number of aliphatic hydroxyl groups is 1. The van der Waals surface area contributed by atoms with E-state index in [1.54, 1.807) is 61.5 Å². The van der Waals surface area contributed by atoms with E-state index in [9.17, 15) is 14.7 Å². The van der Waals surface area contributed by atoms with Gasteiger partial charge in [0.1, 0.15) is 0 Å². The minimum atomic E-state index is -1.87. The maximum absolute atomic E-state index is 12.9. The second-order valence-electron chi connectivity index (χ2n) is 5.94. The first-order chi connectivity index (χ1) is 11.5. The molecular weight excluding hydrogens is 302 g/mol. The summed E-state index contributed by atoms with van der Waals surface area (Å²) < 4.78 is 0. The van der Waals surface area contributed by atoms with Crippen LogP contribution in [-0.4, -0.2) is 23.3 Å². The zero-order valence-corrected chi connectivity index (χ0v) is 13.5. The maximum atomic E-state index is 12.9. The molecule has 2 atom stereocenters. The molecule has 0 unspecified atom stereocenters. The number of Topliss-reactive ketones (excluding diaryl/α,β-unsaturated/α-hetero) is 1. The lowest BCUT2D eigenvalue weighted by molar-refractivity contribution is -0.139. The van der Waals surface area contributed by atoms with Crippen LogP contribution >= 0.6 is 0 Å². The van der Waals surface area contributed by atoms with E-state index in [1.807, 2.05) is 6.07 Å². The maximum Gasteiger partial charge on any atom is 0.264 e. The Balaban J connectivity index is 2.07. The van der Waals surface area contributed by atoms with Crippen molar-refractivity contribution in [1.82, 2.24) is 0 Å². The van der Waals surface area contributed by atoms with Gasteiger partial charge >= 0.3 is 0 Å². The molecule has 0 bridgehead atoms. The van der Waals surface area contributed by atoms with Crippen LogP contribution in [-0.2, 0) is 10.4 Å². The van der Waals surface area contributed by atoms with Gasteiger partial charge in [-0.1, -0.05) is 61.5 Å². The van der Waals surface area contributed by atoms with Gasteiger partial charge in [0.05, 0.1) is 11.6 Å². The fourth-order valence-corrected chi connectivity index (χ4v) is 3.23. The van der Waals surface area contributed by atoms with Crippen LogP contribution in [0.25, 0.3) is 0 Å². The van der Waals surface area contributed by atoms with Crippen LogP contribution in [0.15, 0.2) is 67.3 Å². The predicted molar refractivity (Wildman–Crippen MR) is 92.8 cm³/mol. The number of carbonyl (C=O) groups excluding carboxylic acids is 2. The van der Waals surface area contributed by atoms with Crippen molar-refractivity contribution in [2.45, 2.75) is 12.5 Å². The third kappa shape index (κ3) is 2.27. The van der Waals surface area contributed by atoms with E-state index in [4.69, 9.17) is 0 Å². The summed E-state index contributed by atoms with van der Waals surface area (Å²) in [5.41, 5.74) is -0.302. The molecule has 1 N–H and O–H groups in total. The summed E-state index contributed by atoms with van der Waals surface area (Å²) in [5, 5.41) is 11.3. The second kappa shape index (κ2) is 6.06. The van der Waals surface area contributed by atoms with Crippen molar-refractivity contribution < 1.29 is 14.7 Å². The number of benzene rings is 2. The standard InChI is InChI=1S/C20H19NO3/c1-3-13-21-17-12-8-7-11-16(17)20(24,19(21)23)14(2)18(22)15-9-5-4-6-10-15/h3-12,14,24H,1,13H2,2H3/t14-,20+/m0/s1. The molecule has 4 heteroatoms. The minimum Gasteiger partial charge on any atom is -0.375 e. The van der Waals surface area contributed by atoms with Gasteiger partial charge in [-0.25, -0.2) is 0 Å². The summed E-state index contributed by atoms with van der Waals surface area (Å²) in [6, 6.07) is 15.8. The number of amides is 1. The third-order valence-corrected chi connectivity index (χ3v) is 4.57. The highest BCUT2D eigenvalue weighted by atomic mass is 16.3. The number of ketones is 1. The Morgan fingerprint density at radius 1 is 1.21 bits per heavy atom. The Hall–Kier alpha value is -2.72. The molecule has 24 heavy (non-hydrogen) atoms. The lowest BCUT2D eigenvalue weighted by Crippen LogP contribution is -2.47. The molecule has 0 saturated carbocycles. The average molecular weight is 321 g/mol. The summed E-state index contributed by atoms with van der Waals surface area (Å²) in [6.45, 7) is 5.55. The summed E-state index contributed by atoms with van der Waals surface area (Å²) in [6.07, 6.45) is 1.60. The van der Waals surface area contributed by atoms with Crippen molar-refractivity contribution in [2.24, 2.45) is 5.92 Å². The number of anilines is 1. The first kappa shape index (κ1) is 16.1. The molecule has 0 fully saturated rings. The van der Waals surface area contributed by atoms with Crippen LogP contribution < -0.4 is 4.90 Å². The van der Waals surface area contributed by atoms with E-state index < -0.39 is 17.4 Å². The summed E-state index contributed by atoms with van der Waals surface area (Å²) in [7, 11) is 0. The fraction of sp³-hybridized carbons (Fsp3) is 0.200. The number of hydrogen-bond acceptors (Lipinski definition) is 3. The number of para-hydroxylation sites is 1. The Kier molecular flexibility index (Phi) is 4.08. The minimum absolute atomic E-state index is 0.262. The zero-order valence-electron chi connectivity index (χ0n) is 13.5. The molecule has 4 nitrogen and oxygen atoms in total. The van der Waals surface area contributed by atoms with Crippen molar-refractivity contribution in [1.29, 1.82) is 0 Å². The Labute approximate surface area is 141 Å². The molecular formula is C20H19NO3. The molecule has 0 aromatic heterocycles. The fourth-order valence-electron chi connectivity index (χ4n) is 3.23. The monoisotopic (exact) mass is 321 g/mol. The van der Waals surface area contributed by atoms with Gasteiger partial charge in [-0.3, -0.25) is 9.59 Å². The molecule has 2 aromatic rings. The molecule has 0 spiro atoms. The molecule has 1 aliphatic heterocycles. The smallest absolute Gasteiger partial charge is 0.264 e. The van der Waals surface area contributed by atoms with Crippen molar-refractivity contribution >= 4 is 17.4 Å². The summed E-state index contributed by atoms with van der Waals surface area (Å²) >= 11 is 0. The van der Waals surface area contributed by atoms with Crippen LogP contribution in [0.1, 0.15) is 22.8 Å². The average Bonchev–Trinajstić information content (AvgIpc) is 2.85.